The molecule has 0 radical (unpaired) electrons. The minimum absolute atomic E-state index is 0.153. The fourth-order valence-corrected chi connectivity index (χ4v) is 5.62. The number of nitrogens with zero attached hydrogens (tertiary/aromatic N) is 3. The number of esters is 2. The number of amidine groups is 1. The van der Waals surface area contributed by atoms with Gasteiger partial charge in [0, 0.05) is 46.0 Å². The van der Waals surface area contributed by atoms with E-state index in [1.165, 1.54) is 11.3 Å². The zero-order chi connectivity index (χ0) is 28.3. The van der Waals surface area contributed by atoms with Gasteiger partial charge in [-0.2, -0.15) is 0 Å². The third-order valence-corrected chi connectivity index (χ3v) is 7.50. The maximum absolute atomic E-state index is 13.5. The maximum atomic E-state index is 13.5. The zero-order valence-electron chi connectivity index (χ0n) is 22.5. The number of thiazole rings is 1. The van der Waals surface area contributed by atoms with E-state index in [4.69, 9.17) is 42.4 Å². The lowest BCUT2D eigenvalue weighted by atomic mass is 9.94. The molecule has 4 rings (SSSR count). The lowest BCUT2D eigenvalue weighted by molar-refractivity contribution is -0.170. The lowest BCUT2D eigenvalue weighted by Crippen LogP contribution is -2.58. The van der Waals surface area contributed by atoms with Gasteiger partial charge in [0.1, 0.15) is 12.1 Å². The van der Waals surface area contributed by atoms with Crippen LogP contribution in [0, 0.1) is 0 Å². The Hall–Kier alpha value is -2.50. The molecule has 12 heteroatoms. The van der Waals surface area contributed by atoms with E-state index in [1.54, 1.807) is 45.2 Å². The molecule has 1 aromatic carbocycles. The number of aromatic nitrogens is 1. The Balaban J connectivity index is 1.83. The van der Waals surface area contributed by atoms with Crippen LogP contribution >= 0.6 is 34.5 Å². The van der Waals surface area contributed by atoms with Gasteiger partial charge in [-0.15, -0.1) is 11.3 Å². The van der Waals surface area contributed by atoms with Crippen LogP contribution in [-0.4, -0.2) is 71.7 Å². The molecule has 2 aromatic rings. The van der Waals surface area contributed by atoms with Crippen molar-refractivity contribution in [2.24, 2.45) is 4.99 Å². The molecule has 210 valence electrons. The first-order valence-electron chi connectivity index (χ1n) is 12.7. The Morgan fingerprint density at radius 1 is 1.31 bits per heavy atom. The van der Waals surface area contributed by atoms with Gasteiger partial charge in [0.2, 0.25) is 0 Å². The fraction of sp³-hybridized carbons (Fsp3) is 0.481. The Bertz CT molecular complexity index is 1280. The second kappa shape index (κ2) is 12.3. The molecule has 0 saturated carbocycles. The lowest BCUT2D eigenvalue weighted by Gasteiger charge is -2.43. The highest BCUT2D eigenvalue weighted by Gasteiger charge is 2.41. The number of carbonyl (C=O) groups excluding carboxylic acids is 2. The standard InChI is InChI=1S/C27H32Cl2N4O5S/c1-6-36-26(35)21-19(12-33-14-27(4,5)37-13-20(33)25(34)38-15(2)3)31-23(24-30-9-10-39-24)32-22(21)17-8-7-16(28)11-18(17)29/h7-11,15,20,22H,6,12-14H2,1-5H3,(H,31,32). The van der Waals surface area contributed by atoms with Gasteiger partial charge in [0.15, 0.2) is 10.8 Å². The molecule has 0 spiro atoms. The van der Waals surface area contributed by atoms with Crippen molar-refractivity contribution in [2.75, 3.05) is 26.3 Å². The fourth-order valence-electron chi connectivity index (χ4n) is 4.52. The van der Waals surface area contributed by atoms with Crippen molar-refractivity contribution in [2.45, 2.75) is 58.4 Å². The summed E-state index contributed by atoms with van der Waals surface area (Å²) in [5.74, 6) is -0.439. The number of benzene rings is 1. The van der Waals surface area contributed by atoms with E-state index in [9.17, 15) is 9.59 Å². The van der Waals surface area contributed by atoms with Crippen LogP contribution in [0.25, 0.3) is 0 Å². The minimum atomic E-state index is -0.793. The molecule has 9 nitrogen and oxygen atoms in total. The zero-order valence-corrected chi connectivity index (χ0v) is 24.8. The number of aliphatic imine (C=N–C) groups is 1. The van der Waals surface area contributed by atoms with Gasteiger partial charge in [-0.1, -0.05) is 29.3 Å². The summed E-state index contributed by atoms with van der Waals surface area (Å²) in [6.45, 7) is 10.2. The first-order chi connectivity index (χ1) is 18.5. The molecule has 3 heterocycles. The number of ether oxygens (including phenoxy) is 3. The predicted octanol–water partition coefficient (Wildman–Crippen LogP) is 4.79. The number of morpholine rings is 1. The van der Waals surface area contributed by atoms with Crippen molar-refractivity contribution in [3.05, 3.63) is 61.7 Å². The summed E-state index contributed by atoms with van der Waals surface area (Å²) in [6, 6.07) is 3.61. The average molecular weight is 596 g/mol. The number of hydrogen-bond donors (Lipinski definition) is 1. The average Bonchev–Trinajstić information content (AvgIpc) is 3.38. The van der Waals surface area contributed by atoms with Crippen molar-refractivity contribution in [1.82, 2.24) is 15.2 Å². The van der Waals surface area contributed by atoms with Crippen LogP contribution in [-0.2, 0) is 23.8 Å². The van der Waals surface area contributed by atoms with Gasteiger partial charge in [-0.05, 0) is 46.8 Å². The van der Waals surface area contributed by atoms with E-state index in [1.807, 2.05) is 24.1 Å². The van der Waals surface area contributed by atoms with Crippen LogP contribution in [0.3, 0.4) is 0 Å². The number of hydrogen-bond acceptors (Lipinski definition) is 10. The van der Waals surface area contributed by atoms with Crippen molar-refractivity contribution >= 4 is 52.3 Å². The SMILES string of the molecule is CCOC(=O)C1=C(CN2CC(C)(C)OCC2C(=O)OC(C)C)NC(c2nccs2)=NC1c1ccc(Cl)cc1Cl. The molecule has 0 amide bonds. The highest BCUT2D eigenvalue weighted by Crippen LogP contribution is 2.38. The van der Waals surface area contributed by atoms with Crippen LogP contribution in [0.4, 0.5) is 0 Å². The normalized spacial score (nSPS) is 21.4. The van der Waals surface area contributed by atoms with Crippen LogP contribution < -0.4 is 5.32 Å². The molecule has 0 bridgehead atoms. The summed E-state index contributed by atoms with van der Waals surface area (Å²) in [6.07, 6.45) is 1.40. The van der Waals surface area contributed by atoms with Gasteiger partial charge in [-0.25, -0.2) is 9.78 Å². The van der Waals surface area contributed by atoms with E-state index in [0.717, 1.165) is 0 Å². The molecule has 2 unspecified atom stereocenters. The van der Waals surface area contributed by atoms with Crippen LogP contribution in [0.15, 0.2) is 46.0 Å². The van der Waals surface area contributed by atoms with Gasteiger partial charge < -0.3 is 19.5 Å². The van der Waals surface area contributed by atoms with E-state index in [-0.39, 0.29) is 31.8 Å². The third-order valence-electron chi connectivity index (χ3n) is 6.16. The third kappa shape index (κ3) is 6.99. The minimum Gasteiger partial charge on any atom is -0.463 e. The van der Waals surface area contributed by atoms with E-state index < -0.39 is 23.7 Å². The molecule has 1 saturated heterocycles. The highest BCUT2D eigenvalue weighted by molar-refractivity contribution is 7.11. The molecular formula is C27H32Cl2N4O5S. The molecule has 1 N–H and O–H groups in total. The Labute approximate surface area is 242 Å². The summed E-state index contributed by atoms with van der Waals surface area (Å²) in [5, 5.41) is 6.64. The van der Waals surface area contributed by atoms with Gasteiger partial charge in [0.05, 0.1) is 30.5 Å². The highest BCUT2D eigenvalue weighted by atomic mass is 35.5. The first-order valence-corrected chi connectivity index (χ1v) is 14.3. The Kier molecular flexibility index (Phi) is 9.33. The van der Waals surface area contributed by atoms with Crippen molar-refractivity contribution in [3.63, 3.8) is 0 Å². The second-order valence-corrected chi connectivity index (χ2v) is 11.8. The molecule has 1 fully saturated rings. The molecule has 1 aromatic heterocycles. The predicted molar refractivity (Wildman–Crippen MR) is 151 cm³/mol. The summed E-state index contributed by atoms with van der Waals surface area (Å²) in [5.41, 5.74) is 0.889. The smallest absolute Gasteiger partial charge is 0.338 e. The van der Waals surface area contributed by atoms with Crippen molar-refractivity contribution in [1.29, 1.82) is 0 Å². The summed E-state index contributed by atoms with van der Waals surface area (Å²) >= 11 is 14.2. The largest absolute Gasteiger partial charge is 0.463 e. The van der Waals surface area contributed by atoms with Gasteiger partial charge >= 0.3 is 11.9 Å². The number of nitrogens with one attached hydrogen (secondary N) is 1. The maximum Gasteiger partial charge on any atom is 0.338 e. The number of rotatable bonds is 8. The molecule has 2 aliphatic rings. The quantitative estimate of drug-likeness (QED) is 0.435. The van der Waals surface area contributed by atoms with E-state index in [0.29, 0.717) is 44.3 Å². The van der Waals surface area contributed by atoms with E-state index in [2.05, 4.69) is 10.3 Å². The molecular weight excluding hydrogens is 563 g/mol. The summed E-state index contributed by atoms with van der Waals surface area (Å²) in [7, 11) is 0. The van der Waals surface area contributed by atoms with Crippen LogP contribution in [0.1, 0.15) is 51.2 Å². The number of halogens is 2. The molecule has 2 aliphatic heterocycles. The van der Waals surface area contributed by atoms with Gasteiger partial charge in [0.25, 0.3) is 0 Å². The molecule has 2 atom stereocenters. The van der Waals surface area contributed by atoms with Crippen LogP contribution in [0.2, 0.25) is 10.0 Å². The Morgan fingerprint density at radius 3 is 2.72 bits per heavy atom. The molecule has 0 aliphatic carbocycles. The number of carbonyl (C=O) groups is 2. The first kappa shape index (κ1) is 29.5. The van der Waals surface area contributed by atoms with Crippen molar-refractivity contribution in [3.8, 4) is 0 Å². The van der Waals surface area contributed by atoms with Crippen molar-refractivity contribution < 1.29 is 23.8 Å². The summed E-state index contributed by atoms with van der Waals surface area (Å²) in [4.78, 5) is 37.8. The monoisotopic (exact) mass is 594 g/mol. The second-order valence-electron chi connectivity index (χ2n) is 10.1. The van der Waals surface area contributed by atoms with Crippen LogP contribution in [0.5, 0.6) is 0 Å². The topological polar surface area (TPSA) is 102 Å². The summed E-state index contributed by atoms with van der Waals surface area (Å²) < 4.78 is 17.0. The molecule has 39 heavy (non-hydrogen) atoms. The Morgan fingerprint density at radius 2 is 2.08 bits per heavy atom. The van der Waals surface area contributed by atoms with E-state index >= 15 is 0 Å². The van der Waals surface area contributed by atoms with Gasteiger partial charge in [-0.3, -0.25) is 14.7 Å².